The summed E-state index contributed by atoms with van der Waals surface area (Å²) in [6.45, 7) is 2.31. The third-order valence-electron chi connectivity index (χ3n) is 2.19. The number of benzene rings is 1. The van der Waals surface area contributed by atoms with Gasteiger partial charge in [-0.3, -0.25) is 0 Å². The van der Waals surface area contributed by atoms with Crippen LogP contribution >= 0.6 is 15.9 Å². The van der Waals surface area contributed by atoms with Crippen LogP contribution in [0, 0.1) is 0 Å². The summed E-state index contributed by atoms with van der Waals surface area (Å²) in [5, 5.41) is 12.9. The predicted octanol–water partition coefficient (Wildman–Crippen LogP) is 1.60. The van der Waals surface area contributed by atoms with Crippen LogP contribution in [0.4, 0.5) is 0 Å². The zero-order valence-corrected chi connectivity index (χ0v) is 10.9. The number of hydrogen-bond acceptors (Lipinski definition) is 4. The standard InChI is InChI=1S/C11H17BrN2O2/c1-16-10-6-8(5-9(12)11(10)15)7-14-4-2-3-13/h5-6,14-15H,2-4,7,13H2,1H3. The van der Waals surface area contributed by atoms with Crippen LogP contribution in [0.1, 0.15) is 12.0 Å². The lowest BCUT2D eigenvalue weighted by Gasteiger charge is -2.09. The Morgan fingerprint density at radius 1 is 1.50 bits per heavy atom. The number of hydrogen-bond donors (Lipinski definition) is 3. The fourth-order valence-electron chi connectivity index (χ4n) is 1.34. The van der Waals surface area contributed by atoms with Gasteiger partial charge in [-0.2, -0.15) is 0 Å². The predicted molar refractivity (Wildman–Crippen MR) is 67.7 cm³/mol. The van der Waals surface area contributed by atoms with Crippen molar-refractivity contribution in [2.45, 2.75) is 13.0 Å². The van der Waals surface area contributed by atoms with Crippen molar-refractivity contribution < 1.29 is 9.84 Å². The second-order valence-electron chi connectivity index (χ2n) is 3.45. The van der Waals surface area contributed by atoms with Gasteiger partial charge >= 0.3 is 0 Å². The molecule has 4 nitrogen and oxygen atoms in total. The highest BCUT2D eigenvalue weighted by molar-refractivity contribution is 9.10. The van der Waals surface area contributed by atoms with E-state index >= 15 is 0 Å². The van der Waals surface area contributed by atoms with E-state index in [0.717, 1.165) is 25.1 Å². The Balaban J connectivity index is 2.63. The minimum absolute atomic E-state index is 0.133. The van der Waals surface area contributed by atoms with Crippen LogP contribution in [0.25, 0.3) is 0 Å². The number of rotatable bonds is 6. The van der Waals surface area contributed by atoms with Gasteiger partial charge in [-0.25, -0.2) is 0 Å². The van der Waals surface area contributed by atoms with Crippen molar-refractivity contribution in [1.29, 1.82) is 0 Å². The SMILES string of the molecule is COc1cc(CNCCCN)cc(Br)c1O. The Kier molecular flexibility index (Phi) is 5.59. The summed E-state index contributed by atoms with van der Waals surface area (Å²) in [7, 11) is 1.53. The lowest BCUT2D eigenvalue weighted by atomic mass is 10.2. The summed E-state index contributed by atoms with van der Waals surface area (Å²) in [6, 6.07) is 3.68. The number of phenolic OH excluding ortho intramolecular Hbond substituents is 1. The van der Waals surface area contributed by atoms with E-state index in [9.17, 15) is 5.11 Å². The van der Waals surface area contributed by atoms with Gasteiger partial charge in [0, 0.05) is 6.54 Å². The normalized spacial score (nSPS) is 10.4. The first-order valence-corrected chi connectivity index (χ1v) is 5.94. The average molecular weight is 289 g/mol. The highest BCUT2D eigenvalue weighted by Gasteiger charge is 2.07. The molecule has 1 rings (SSSR count). The van der Waals surface area contributed by atoms with Gasteiger partial charge in [0.1, 0.15) is 0 Å². The number of ether oxygens (including phenoxy) is 1. The second-order valence-corrected chi connectivity index (χ2v) is 4.30. The van der Waals surface area contributed by atoms with Gasteiger partial charge in [-0.1, -0.05) is 0 Å². The molecule has 0 atom stereocenters. The zero-order chi connectivity index (χ0) is 12.0. The zero-order valence-electron chi connectivity index (χ0n) is 9.29. The molecule has 5 heteroatoms. The molecule has 0 aliphatic heterocycles. The Labute approximate surface area is 104 Å². The van der Waals surface area contributed by atoms with E-state index in [1.165, 1.54) is 7.11 Å². The van der Waals surface area contributed by atoms with Gasteiger partial charge in [-0.15, -0.1) is 0 Å². The Bertz CT molecular complexity index is 345. The average Bonchev–Trinajstić information content (AvgIpc) is 2.29. The van der Waals surface area contributed by atoms with E-state index in [-0.39, 0.29) is 5.75 Å². The Morgan fingerprint density at radius 2 is 2.25 bits per heavy atom. The van der Waals surface area contributed by atoms with E-state index in [4.69, 9.17) is 10.5 Å². The minimum Gasteiger partial charge on any atom is -0.503 e. The molecule has 0 aliphatic carbocycles. The first kappa shape index (κ1) is 13.3. The molecule has 1 aromatic rings. The van der Waals surface area contributed by atoms with Gasteiger partial charge in [-0.05, 0) is 53.1 Å². The van der Waals surface area contributed by atoms with Crippen LogP contribution in [0.3, 0.4) is 0 Å². The summed E-state index contributed by atoms with van der Waals surface area (Å²) in [6.07, 6.45) is 0.955. The molecule has 0 spiro atoms. The van der Waals surface area contributed by atoms with Crippen LogP contribution in [0.5, 0.6) is 11.5 Å². The number of nitrogens with two attached hydrogens (primary N) is 1. The molecule has 0 saturated heterocycles. The van der Waals surface area contributed by atoms with Crippen molar-refractivity contribution in [1.82, 2.24) is 5.32 Å². The van der Waals surface area contributed by atoms with Gasteiger partial charge in [0.15, 0.2) is 11.5 Å². The summed E-state index contributed by atoms with van der Waals surface area (Å²) < 4.78 is 5.71. The molecule has 90 valence electrons. The van der Waals surface area contributed by atoms with Crippen molar-refractivity contribution in [3.63, 3.8) is 0 Å². The maximum atomic E-state index is 9.62. The van der Waals surface area contributed by atoms with Crippen molar-refractivity contribution >= 4 is 15.9 Å². The summed E-state index contributed by atoms with van der Waals surface area (Å²) in [5.74, 6) is 0.609. The quantitative estimate of drug-likeness (QED) is 0.696. The highest BCUT2D eigenvalue weighted by atomic mass is 79.9. The van der Waals surface area contributed by atoms with Gasteiger partial charge in [0.2, 0.25) is 0 Å². The minimum atomic E-state index is 0.133. The topological polar surface area (TPSA) is 67.5 Å². The Morgan fingerprint density at radius 3 is 2.88 bits per heavy atom. The number of methoxy groups -OCH3 is 1. The largest absolute Gasteiger partial charge is 0.503 e. The van der Waals surface area contributed by atoms with Crippen molar-refractivity contribution in [2.24, 2.45) is 5.73 Å². The molecule has 0 unspecified atom stereocenters. The summed E-state index contributed by atoms with van der Waals surface area (Å²) in [5.41, 5.74) is 6.45. The van der Waals surface area contributed by atoms with Crippen molar-refractivity contribution in [3.05, 3.63) is 22.2 Å². The third-order valence-corrected chi connectivity index (χ3v) is 2.80. The first-order valence-electron chi connectivity index (χ1n) is 5.15. The van der Waals surface area contributed by atoms with Crippen LogP contribution in [0.15, 0.2) is 16.6 Å². The molecular weight excluding hydrogens is 272 g/mol. The summed E-state index contributed by atoms with van der Waals surface area (Å²) in [4.78, 5) is 0. The molecule has 0 heterocycles. The third kappa shape index (κ3) is 3.66. The molecule has 0 bridgehead atoms. The van der Waals surface area contributed by atoms with E-state index in [2.05, 4.69) is 21.2 Å². The second kappa shape index (κ2) is 6.73. The molecule has 16 heavy (non-hydrogen) atoms. The lowest BCUT2D eigenvalue weighted by Crippen LogP contribution is -2.17. The molecule has 0 saturated carbocycles. The van der Waals surface area contributed by atoms with Crippen LogP contribution in [-0.4, -0.2) is 25.3 Å². The van der Waals surface area contributed by atoms with Crippen LogP contribution < -0.4 is 15.8 Å². The molecule has 0 amide bonds. The van der Waals surface area contributed by atoms with E-state index < -0.39 is 0 Å². The van der Waals surface area contributed by atoms with E-state index in [1.54, 1.807) is 0 Å². The Hall–Kier alpha value is -0.780. The lowest BCUT2D eigenvalue weighted by molar-refractivity contribution is 0.371. The van der Waals surface area contributed by atoms with E-state index in [0.29, 0.717) is 16.8 Å². The van der Waals surface area contributed by atoms with Crippen LogP contribution in [-0.2, 0) is 6.54 Å². The smallest absolute Gasteiger partial charge is 0.172 e. The molecule has 0 aliphatic rings. The molecule has 1 aromatic carbocycles. The summed E-state index contributed by atoms with van der Waals surface area (Å²) >= 11 is 3.28. The maximum absolute atomic E-state index is 9.62. The number of halogens is 1. The molecule has 0 fully saturated rings. The maximum Gasteiger partial charge on any atom is 0.172 e. The monoisotopic (exact) mass is 288 g/mol. The van der Waals surface area contributed by atoms with Gasteiger partial charge in [0.25, 0.3) is 0 Å². The number of nitrogens with one attached hydrogen (secondary N) is 1. The van der Waals surface area contributed by atoms with Crippen molar-refractivity contribution in [3.8, 4) is 11.5 Å². The molecule has 0 radical (unpaired) electrons. The molecular formula is C11H17BrN2O2. The van der Waals surface area contributed by atoms with Gasteiger partial charge < -0.3 is 20.9 Å². The first-order chi connectivity index (χ1) is 7.69. The number of phenols is 1. The highest BCUT2D eigenvalue weighted by Crippen LogP contribution is 2.35. The fraction of sp³-hybridized carbons (Fsp3) is 0.455. The van der Waals surface area contributed by atoms with Gasteiger partial charge in [0.05, 0.1) is 11.6 Å². The van der Waals surface area contributed by atoms with Crippen molar-refractivity contribution in [2.75, 3.05) is 20.2 Å². The number of aromatic hydroxyl groups is 1. The van der Waals surface area contributed by atoms with E-state index in [1.807, 2.05) is 12.1 Å². The molecule has 4 N–H and O–H groups in total. The fourth-order valence-corrected chi connectivity index (χ4v) is 1.83. The molecule has 0 aromatic heterocycles. The van der Waals surface area contributed by atoms with Crippen LogP contribution in [0.2, 0.25) is 0 Å².